The highest BCUT2D eigenvalue weighted by atomic mass is 19.3. The summed E-state index contributed by atoms with van der Waals surface area (Å²) in [6.45, 7) is 0.316. The molecule has 0 saturated carbocycles. The minimum atomic E-state index is -2.71. The van der Waals surface area contributed by atoms with E-state index in [9.17, 15) is 18.0 Å². The van der Waals surface area contributed by atoms with Gasteiger partial charge in [-0.2, -0.15) is 0 Å². The Bertz CT molecular complexity index is 405. The first kappa shape index (κ1) is 12.4. The van der Waals surface area contributed by atoms with Gasteiger partial charge >= 0.3 is 5.97 Å². The molecular weight excluding hydrogens is 225 g/mol. The molecule has 0 radical (unpaired) electrons. The van der Waals surface area contributed by atoms with Crippen LogP contribution in [0.2, 0.25) is 0 Å². The number of ether oxygens (including phenoxy) is 1. The van der Waals surface area contributed by atoms with Crippen LogP contribution in [0.3, 0.4) is 0 Å². The van der Waals surface area contributed by atoms with E-state index in [1.165, 1.54) is 6.92 Å². The van der Waals surface area contributed by atoms with Gasteiger partial charge in [0.05, 0.1) is 5.56 Å². The lowest BCUT2D eigenvalue weighted by Gasteiger charge is -2.09. The number of benzene rings is 1. The third-order valence-electron chi connectivity index (χ3n) is 1.95. The van der Waals surface area contributed by atoms with Crippen molar-refractivity contribution < 1.29 is 27.8 Å². The Morgan fingerprint density at radius 2 is 2.12 bits per heavy atom. The highest BCUT2D eigenvalue weighted by Crippen LogP contribution is 2.23. The smallest absolute Gasteiger partial charge is 0.336 e. The van der Waals surface area contributed by atoms with E-state index in [0.717, 1.165) is 12.1 Å². The van der Waals surface area contributed by atoms with Crippen molar-refractivity contribution in [1.29, 1.82) is 0 Å². The summed E-state index contributed by atoms with van der Waals surface area (Å²) in [5, 5.41) is 8.67. The van der Waals surface area contributed by atoms with Crippen molar-refractivity contribution >= 4 is 5.97 Å². The van der Waals surface area contributed by atoms with E-state index in [1.54, 1.807) is 0 Å². The van der Waals surface area contributed by atoms with E-state index in [-0.39, 0.29) is 16.9 Å². The molecule has 16 heavy (non-hydrogen) atoms. The van der Waals surface area contributed by atoms with Crippen LogP contribution in [0.4, 0.5) is 13.2 Å². The fourth-order valence-corrected chi connectivity index (χ4v) is 1.16. The molecule has 0 aliphatic carbocycles. The number of halogens is 3. The number of aromatic carboxylic acids is 1. The average Bonchev–Trinajstić information content (AvgIpc) is 2.19. The second-order valence-corrected chi connectivity index (χ2v) is 3.06. The topological polar surface area (TPSA) is 46.5 Å². The largest absolute Gasteiger partial charge is 0.485 e. The molecule has 1 aromatic carbocycles. The van der Waals surface area contributed by atoms with Gasteiger partial charge in [0.2, 0.25) is 0 Å². The van der Waals surface area contributed by atoms with Gasteiger partial charge in [0.15, 0.2) is 11.6 Å². The zero-order valence-corrected chi connectivity index (χ0v) is 8.34. The molecule has 0 heterocycles. The SMILES string of the molecule is Cc1c(C(=O)O)ccc(OCC(F)F)c1F. The molecule has 0 saturated heterocycles. The summed E-state index contributed by atoms with van der Waals surface area (Å²) in [5.41, 5.74) is -0.360. The van der Waals surface area contributed by atoms with Gasteiger partial charge in [-0.05, 0) is 19.1 Å². The van der Waals surface area contributed by atoms with Gasteiger partial charge in [0.1, 0.15) is 6.61 Å². The van der Waals surface area contributed by atoms with Crippen LogP contribution in [0, 0.1) is 12.7 Å². The molecule has 1 aromatic rings. The molecular formula is C10H9F3O3. The monoisotopic (exact) mass is 234 g/mol. The van der Waals surface area contributed by atoms with Crippen LogP contribution >= 0.6 is 0 Å². The summed E-state index contributed by atoms with van der Waals surface area (Å²) >= 11 is 0. The predicted octanol–water partition coefficient (Wildman–Crippen LogP) is 2.48. The fourth-order valence-electron chi connectivity index (χ4n) is 1.16. The lowest BCUT2D eigenvalue weighted by atomic mass is 10.1. The summed E-state index contributed by atoms with van der Waals surface area (Å²) < 4.78 is 41.6. The summed E-state index contributed by atoms with van der Waals surface area (Å²) in [6.07, 6.45) is -2.71. The first-order valence-electron chi connectivity index (χ1n) is 4.36. The third-order valence-corrected chi connectivity index (χ3v) is 1.95. The molecule has 0 aliphatic heterocycles. The Hall–Kier alpha value is -1.72. The molecule has 0 atom stereocenters. The van der Waals surface area contributed by atoms with Gasteiger partial charge in [0.25, 0.3) is 6.43 Å². The third kappa shape index (κ3) is 2.65. The van der Waals surface area contributed by atoms with E-state index in [4.69, 9.17) is 5.11 Å². The quantitative estimate of drug-likeness (QED) is 0.870. The summed E-state index contributed by atoms with van der Waals surface area (Å²) in [5.74, 6) is -2.58. The van der Waals surface area contributed by atoms with Gasteiger partial charge in [-0.15, -0.1) is 0 Å². The van der Waals surface area contributed by atoms with Gasteiger partial charge in [-0.1, -0.05) is 0 Å². The molecule has 3 nitrogen and oxygen atoms in total. The number of carbonyl (C=O) groups is 1. The van der Waals surface area contributed by atoms with E-state index in [1.807, 2.05) is 0 Å². The van der Waals surface area contributed by atoms with E-state index in [0.29, 0.717) is 0 Å². The summed E-state index contributed by atoms with van der Waals surface area (Å²) in [6, 6.07) is 2.13. The summed E-state index contributed by atoms with van der Waals surface area (Å²) in [4.78, 5) is 10.6. The summed E-state index contributed by atoms with van der Waals surface area (Å²) in [7, 11) is 0. The van der Waals surface area contributed by atoms with Crippen LogP contribution in [0.25, 0.3) is 0 Å². The van der Waals surface area contributed by atoms with Crippen molar-refractivity contribution in [2.24, 2.45) is 0 Å². The van der Waals surface area contributed by atoms with Crippen LogP contribution in [0.5, 0.6) is 5.75 Å². The minimum absolute atomic E-state index is 0.140. The number of hydrogen-bond acceptors (Lipinski definition) is 2. The van der Waals surface area contributed by atoms with E-state index >= 15 is 0 Å². The van der Waals surface area contributed by atoms with Gasteiger partial charge < -0.3 is 9.84 Å². The molecule has 0 fully saturated rings. The van der Waals surface area contributed by atoms with Gasteiger partial charge in [-0.25, -0.2) is 18.0 Å². The maximum absolute atomic E-state index is 13.4. The molecule has 6 heteroatoms. The lowest BCUT2D eigenvalue weighted by Crippen LogP contribution is -2.10. The molecule has 0 aromatic heterocycles. The molecule has 0 aliphatic rings. The second kappa shape index (κ2) is 4.87. The van der Waals surface area contributed by atoms with Gasteiger partial charge in [0, 0.05) is 5.56 Å². The van der Waals surface area contributed by atoms with E-state index < -0.39 is 24.8 Å². The molecule has 0 amide bonds. The average molecular weight is 234 g/mol. The minimum Gasteiger partial charge on any atom is -0.485 e. The standard InChI is InChI=1S/C10H9F3O3/c1-5-6(10(14)15)2-3-7(9(5)13)16-4-8(11)12/h2-3,8H,4H2,1H3,(H,14,15). The highest BCUT2D eigenvalue weighted by Gasteiger charge is 2.16. The van der Waals surface area contributed by atoms with Crippen LogP contribution in [-0.2, 0) is 0 Å². The molecule has 0 spiro atoms. The highest BCUT2D eigenvalue weighted by molar-refractivity contribution is 5.89. The molecule has 88 valence electrons. The van der Waals surface area contributed by atoms with Crippen LogP contribution in [0.1, 0.15) is 15.9 Å². The zero-order chi connectivity index (χ0) is 12.3. The van der Waals surface area contributed by atoms with Crippen LogP contribution in [0.15, 0.2) is 12.1 Å². The van der Waals surface area contributed by atoms with E-state index in [2.05, 4.69) is 4.74 Å². The predicted molar refractivity (Wildman–Crippen MR) is 49.6 cm³/mol. The first-order valence-corrected chi connectivity index (χ1v) is 4.36. The number of carboxylic acids is 1. The Balaban J connectivity index is 2.98. The molecule has 0 bridgehead atoms. The van der Waals surface area contributed by atoms with Crippen molar-refractivity contribution in [2.45, 2.75) is 13.3 Å². The number of alkyl halides is 2. The van der Waals surface area contributed by atoms with Crippen LogP contribution in [-0.4, -0.2) is 24.1 Å². The maximum atomic E-state index is 13.4. The van der Waals surface area contributed by atoms with Crippen molar-refractivity contribution in [2.75, 3.05) is 6.61 Å². The number of hydrogen-bond donors (Lipinski definition) is 1. The molecule has 1 rings (SSSR count). The van der Waals surface area contributed by atoms with Crippen molar-refractivity contribution in [3.63, 3.8) is 0 Å². The Morgan fingerprint density at radius 3 is 2.62 bits per heavy atom. The normalized spacial score (nSPS) is 10.6. The van der Waals surface area contributed by atoms with Crippen molar-refractivity contribution in [3.05, 3.63) is 29.1 Å². The van der Waals surface area contributed by atoms with Crippen molar-refractivity contribution in [1.82, 2.24) is 0 Å². The Kier molecular flexibility index (Phi) is 3.76. The van der Waals surface area contributed by atoms with Crippen LogP contribution < -0.4 is 4.74 Å². The Morgan fingerprint density at radius 1 is 1.50 bits per heavy atom. The first-order chi connectivity index (χ1) is 7.43. The zero-order valence-electron chi connectivity index (χ0n) is 8.34. The van der Waals surface area contributed by atoms with Crippen molar-refractivity contribution in [3.8, 4) is 5.75 Å². The van der Waals surface area contributed by atoms with Gasteiger partial charge in [-0.3, -0.25) is 0 Å². The molecule has 0 unspecified atom stereocenters. The molecule has 1 N–H and O–H groups in total. The second-order valence-electron chi connectivity index (χ2n) is 3.06. The number of carboxylic acid groups (broad SMARTS) is 1. The number of rotatable bonds is 4. The lowest BCUT2D eigenvalue weighted by molar-refractivity contribution is 0.0692. The Labute approximate surface area is 89.5 Å². The fraction of sp³-hybridized carbons (Fsp3) is 0.300. The maximum Gasteiger partial charge on any atom is 0.336 e.